The number of nitrogens with zero attached hydrogens (tertiary/aromatic N) is 1. The van der Waals surface area contributed by atoms with Crippen LogP contribution >= 0.6 is 11.6 Å². The second kappa shape index (κ2) is 5.71. The number of aromatic nitrogens is 1. The van der Waals surface area contributed by atoms with Gasteiger partial charge in [-0.1, -0.05) is 17.7 Å². The molecule has 0 bridgehead atoms. The van der Waals surface area contributed by atoms with Gasteiger partial charge in [0, 0.05) is 23.1 Å². The van der Waals surface area contributed by atoms with Crippen molar-refractivity contribution >= 4 is 17.3 Å². The van der Waals surface area contributed by atoms with Crippen molar-refractivity contribution in [3.63, 3.8) is 0 Å². The quantitative estimate of drug-likeness (QED) is 0.869. The molecule has 0 aliphatic heterocycles. The van der Waals surface area contributed by atoms with E-state index >= 15 is 0 Å². The smallest absolute Gasteiger partial charge is 0.378 e. The first-order valence-electron chi connectivity index (χ1n) is 5.91. The summed E-state index contributed by atoms with van der Waals surface area (Å²) in [6, 6.07) is 6.91. The molecular formula is C14H12ClF3N2. The molecule has 0 aliphatic rings. The summed E-state index contributed by atoms with van der Waals surface area (Å²) in [5.74, 6) is 0. The molecule has 0 fully saturated rings. The van der Waals surface area contributed by atoms with Gasteiger partial charge in [-0.25, -0.2) is 0 Å². The minimum atomic E-state index is -4.46. The van der Waals surface area contributed by atoms with Crippen molar-refractivity contribution in [2.75, 3.05) is 5.32 Å². The predicted molar refractivity (Wildman–Crippen MR) is 72.7 cm³/mol. The molecule has 0 spiro atoms. The van der Waals surface area contributed by atoms with Gasteiger partial charge in [0.2, 0.25) is 0 Å². The summed E-state index contributed by atoms with van der Waals surface area (Å²) in [5, 5.41) is 2.89. The number of hydrogen-bond acceptors (Lipinski definition) is 2. The van der Waals surface area contributed by atoms with Crippen LogP contribution in [0.1, 0.15) is 24.1 Å². The van der Waals surface area contributed by atoms with E-state index in [2.05, 4.69) is 10.3 Å². The summed E-state index contributed by atoms with van der Waals surface area (Å²) in [6.45, 7) is 1.77. The van der Waals surface area contributed by atoms with Crippen LogP contribution in [0.3, 0.4) is 0 Å². The average molecular weight is 301 g/mol. The topological polar surface area (TPSA) is 24.9 Å². The normalized spacial score (nSPS) is 13.1. The van der Waals surface area contributed by atoms with E-state index in [9.17, 15) is 13.2 Å². The Morgan fingerprint density at radius 3 is 2.60 bits per heavy atom. The summed E-state index contributed by atoms with van der Waals surface area (Å²) in [5.41, 5.74) is 0.0227. The largest absolute Gasteiger partial charge is 0.418 e. The zero-order valence-electron chi connectivity index (χ0n) is 10.6. The first kappa shape index (κ1) is 14.7. The third kappa shape index (κ3) is 3.42. The fourth-order valence-corrected chi connectivity index (χ4v) is 2.00. The van der Waals surface area contributed by atoms with Crippen molar-refractivity contribution in [2.24, 2.45) is 0 Å². The van der Waals surface area contributed by atoms with Crippen molar-refractivity contribution < 1.29 is 13.2 Å². The summed E-state index contributed by atoms with van der Waals surface area (Å²) in [4.78, 5) is 3.95. The third-order valence-corrected chi connectivity index (χ3v) is 3.08. The van der Waals surface area contributed by atoms with Crippen LogP contribution < -0.4 is 5.32 Å². The van der Waals surface area contributed by atoms with Crippen molar-refractivity contribution in [3.8, 4) is 0 Å². The van der Waals surface area contributed by atoms with E-state index in [1.54, 1.807) is 31.5 Å². The Hall–Kier alpha value is -1.75. The SMILES string of the molecule is CC(Nc1ccc(Cl)cc1C(F)(F)F)c1cccnc1. The van der Waals surface area contributed by atoms with Crippen LogP contribution in [-0.4, -0.2) is 4.98 Å². The van der Waals surface area contributed by atoms with Crippen LogP contribution in [0.25, 0.3) is 0 Å². The Balaban J connectivity index is 2.30. The molecular weight excluding hydrogens is 289 g/mol. The van der Waals surface area contributed by atoms with E-state index in [4.69, 9.17) is 11.6 Å². The molecule has 0 aliphatic carbocycles. The van der Waals surface area contributed by atoms with Gasteiger partial charge in [0.25, 0.3) is 0 Å². The average Bonchev–Trinajstić information content (AvgIpc) is 2.40. The van der Waals surface area contributed by atoms with Gasteiger partial charge < -0.3 is 5.32 Å². The molecule has 20 heavy (non-hydrogen) atoms. The molecule has 2 nitrogen and oxygen atoms in total. The number of rotatable bonds is 3. The summed E-state index contributed by atoms with van der Waals surface area (Å²) in [7, 11) is 0. The monoisotopic (exact) mass is 300 g/mol. The first-order chi connectivity index (χ1) is 9.38. The molecule has 0 saturated carbocycles. The Morgan fingerprint density at radius 2 is 2.00 bits per heavy atom. The lowest BCUT2D eigenvalue weighted by Crippen LogP contribution is -2.13. The number of nitrogens with one attached hydrogen (secondary N) is 1. The van der Waals surface area contributed by atoms with Gasteiger partial charge in [0.05, 0.1) is 11.6 Å². The van der Waals surface area contributed by atoms with Crippen LogP contribution in [0, 0.1) is 0 Å². The first-order valence-corrected chi connectivity index (χ1v) is 6.29. The zero-order chi connectivity index (χ0) is 14.8. The van der Waals surface area contributed by atoms with Crippen molar-refractivity contribution in [1.29, 1.82) is 0 Å². The molecule has 1 unspecified atom stereocenters. The Bertz CT molecular complexity index is 585. The maximum absolute atomic E-state index is 13.0. The molecule has 2 aromatic rings. The molecule has 0 radical (unpaired) electrons. The van der Waals surface area contributed by atoms with Crippen molar-refractivity contribution in [2.45, 2.75) is 19.1 Å². The second-order valence-electron chi connectivity index (χ2n) is 4.34. The lowest BCUT2D eigenvalue weighted by atomic mass is 10.1. The molecule has 0 saturated heterocycles. The second-order valence-corrected chi connectivity index (χ2v) is 4.78. The molecule has 1 aromatic carbocycles. The molecule has 0 amide bonds. The number of alkyl halides is 3. The highest BCUT2D eigenvalue weighted by Crippen LogP contribution is 2.37. The standard InChI is InChI=1S/C14H12ClF3N2/c1-9(10-3-2-6-19-8-10)20-13-5-4-11(15)7-12(13)14(16,17)18/h2-9,20H,1H3. The minimum Gasteiger partial charge on any atom is -0.378 e. The van der Waals surface area contributed by atoms with Gasteiger partial charge in [-0.15, -0.1) is 0 Å². The maximum Gasteiger partial charge on any atom is 0.418 e. The number of hydrogen-bond donors (Lipinski definition) is 1. The van der Waals surface area contributed by atoms with Crippen LogP contribution in [-0.2, 0) is 6.18 Å². The summed E-state index contributed by atoms with van der Waals surface area (Å²) < 4.78 is 38.9. The predicted octanol–water partition coefficient (Wildman–Crippen LogP) is 4.93. The summed E-state index contributed by atoms with van der Waals surface area (Å²) in [6.07, 6.45) is -1.23. The Kier molecular flexibility index (Phi) is 4.18. The van der Waals surface area contributed by atoms with E-state index in [1.165, 1.54) is 12.1 Å². The third-order valence-electron chi connectivity index (χ3n) is 2.84. The molecule has 1 aromatic heterocycles. The van der Waals surface area contributed by atoms with Crippen LogP contribution in [0.2, 0.25) is 5.02 Å². The van der Waals surface area contributed by atoms with Crippen LogP contribution in [0.4, 0.5) is 18.9 Å². The van der Waals surface area contributed by atoms with E-state index < -0.39 is 11.7 Å². The van der Waals surface area contributed by atoms with Gasteiger partial charge in [0.15, 0.2) is 0 Å². The van der Waals surface area contributed by atoms with Crippen LogP contribution in [0.15, 0.2) is 42.7 Å². The molecule has 2 rings (SSSR count). The van der Waals surface area contributed by atoms with E-state index in [0.29, 0.717) is 0 Å². The van der Waals surface area contributed by atoms with Crippen LogP contribution in [0.5, 0.6) is 0 Å². The highest BCUT2D eigenvalue weighted by Gasteiger charge is 2.34. The number of pyridine rings is 1. The van der Waals surface area contributed by atoms with Gasteiger partial charge in [0.1, 0.15) is 0 Å². The van der Waals surface area contributed by atoms with Gasteiger partial charge in [-0.05, 0) is 36.8 Å². The highest BCUT2D eigenvalue weighted by atomic mass is 35.5. The Labute approximate surface area is 119 Å². The van der Waals surface area contributed by atoms with E-state index in [-0.39, 0.29) is 16.8 Å². The van der Waals surface area contributed by atoms with Gasteiger partial charge in [-0.3, -0.25) is 4.98 Å². The number of benzene rings is 1. The molecule has 106 valence electrons. The molecule has 6 heteroatoms. The van der Waals surface area contributed by atoms with E-state index in [1.807, 2.05) is 0 Å². The summed E-state index contributed by atoms with van der Waals surface area (Å²) >= 11 is 5.64. The van der Waals surface area contributed by atoms with E-state index in [0.717, 1.165) is 11.6 Å². The lowest BCUT2D eigenvalue weighted by Gasteiger charge is -2.19. The zero-order valence-corrected chi connectivity index (χ0v) is 11.3. The van der Waals surface area contributed by atoms with Gasteiger partial charge in [-0.2, -0.15) is 13.2 Å². The van der Waals surface area contributed by atoms with Gasteiger partial charge >= 0.3 is 6.18 Å². The number of anilines is 1. The molecule has 1 heterocycles. The fourth-order valence-electron chi connectivity index (χ4n) is 1.83. The fraction of sp³-hybridized carbons (Fsp3) is 0.214. The van der Waals surface area contributed by atoms with Crippen molar-refractivity contribution in [1.82, 2.24) is 4.98 Å². The maximum atomic E-state index is 13.0. The molecule has 1 atom stereocenters. The highest BCUT2D eigenvalue weighted by molar-refractivity contribution is 6.30. The lowest BCUT2D eigenvalue weighted by molar-refractivity contribution is -0.137. The number of halogens is 4. The molecule has 1 N–H and O–H groups in total. The van der Waals surface area contributed by atoms with Crippen molar-refractivity contribution in [3.05, 3.63) is 58.9 Å². The Morgan fingerprint density at radius 1 is 1.25 bits per heavy atom. The minimum absolute atomic E-state index is 0.00162.